The lowest BCUT2D eigenvalue weighted by molar-refractivity contribution is -0.161. The van der Waals surface area contributed by atoms with E-state index in [1.165, 1.54) is 270 Å². The Labute approximate surface area is 638 Å². The van der Waals surface area contributed by atoms with Gasteiger partial charge in [-0.25, -0.2) is 9.13 Å². The molecule has 19 heteroatoms. The first-order chi connectivity index (χ1) is 50.4. The van der Waals surface area contributed by atoms with Crippen molar-refractivity contribution in [1.29, 1.82) is 0 Å². The number of carbonyl (C=O) groups excluding carboxylic acids is 4. The quantitative estimate of drug-likeness (QED) is 0.0222. The standard InChI is InChI=1S/C85H166O17P2/c1-7-10-12-14-16-18-20-22-24-26-28-29-31-33-35-37-44-51-57-63-69-84(89)101-80(73-95-82(87)67-61-55-49-43-36-34-32-30-27-25-23-21-19-17-15-13-11-8-2)75-99-103(91,92)97-71-79(86)72-98-104(93,94)100-76-81(74-96-83(88)68-62-56-50-46-40-41-47-53-59-65-77(4)5)102-85(90)70-64-58-52-45-39-38-42-48-54-60-66-78(6)9-3/h77-81,86H,7-76H2,1-6H3,(H,91,92)(H,93,94)/t78?,79-,80-,81-/m1/s1. The average Bonchev–Trinajstić information content (AvgIpc) is 0.906. The number of hydrogen-bond acceptors (Lipinski definition) is 15. The van der Waals surface area contributed by atoms with Crippen LogP contribution in [0.4, 0.5) is 0 Å². The van der Waals surface area contributed by atoms with Crippen molar-refractivity contribution < 1.29 is 80.2 Å². The van der Waals surface area contributed by atoms with Gasteiger partial charge in [0.2, 0.25) is 0 Å². The summed E-state index contributed by atoms with van der Waals surface area (Å²) in [4.78, 5) is 73.2. The van der Waals surface area contributed by atoms with Gasteiger partial charge in [-0.3, -0.25) is 37.3 Å². The second-order valence-corrected chi connectivity index (χ2v) is 34.2. The number of carbonyl (C=O) groups is 4. The maximum Gasteiger partial charge on any atom is 0.472 e. The maximum absolute atomic E-state index is 13.1. The Morgan fingerprint density at radius 3 is 0.731 bits per heavy atom. The van der Waals surface area contributed by atoms with E-state index in [-0.39, 0.29) is 25.7 Å². The Morgan fingerprint density at radius 2 is 0.490 bits per heavy atom. The van der Waals surface area contributed by atoms with Crippen molar-refractivity contribution in [2.75, 3.05) is 39.6 Å². The molecule has 6 atom stereocenters. The minimum Gasteiger partial charge on any atom is -0.462 e. The molecule has 3 N–H and O–H groups in total. The third kappa shape index (κ3) is 76.8. The van der Waals surface area contributed by atoms with Crippen molar-refractivity contribution in [1.82, 2.24) is 0 Å². The van der Waals surface area contributed by atoms with Crippen LogP contribution < -0.4 is 0 Å². The smallest absolute Gasteiger partial charge is 0.462 e. The molecule has 3 unspecified atom stereocenters. The van der Waals surface area contributed by atoms with E-state index in [4.69, 9.17) is 37.0 Å². The molecule has 0 aromatic carbocycles. The SMILES string of the molecule is CCCCCCCCCCCCCCCCCCCCCCC(=O)O[C@H](COC(=O)CCCCCCCCCCCCCCCCCCCC)COP(=O)(O)OC[C@@H](O)COP(=O)(O)OC[C@@H](COC(=O)CCCCCCCCCCCC(C)C)OC(=O)CCCCCCCCCCCCC(C)CC. The molecular formula is C85H166O17P2. The molecule has 0 amide bonds. The van der Waals surface area contributed by atoms with E-state index in [1.54, 1.807) is 0 Å². The van der Waals surface area contributed by atoms with Gasteiger partial charge in [-0.15, -0.1) is 0 Å². The highest BCUT2D eigenvalue weighted by molar-refractivity contribution is 7.47. The number of phosphoric acid groups is 2. The van der Waals surface area contributed by atoms with Gasteiger partial charge in [-0.05, 0) is 37.5 Å². The summed E-state index contributed by atoms with van der Waals surface area (Å²) in [6, 6.07) is 0. The second-order valence-electron chi connectivity index (χ2n) is 31.3. The molecule has 0 saturated carbocycles. The van der Waals surface area contributed by atoms with E-state index < -0.39 is 97.5 Å². The van der Waals surface area contributed by atoms with Crippen molar-refractivity contribution in [2.45, 2.75) is 471 Å². The van der Waals surface area contributed by atoms with Crippen LogP contribution in [-0.2, 0) is 65.4 Å². The summed E-state index contributed by atoms with van der Waals surface area (Å²) < 4.78 is 68.9. The molecule has 0 radical (unpaired) electrons. The number of rotatable bonds is 84. The van der Waals surface area contributed by atoms with Crippen molar-refractivity contribution in [2.24, 2.45) is 11.8 Å². The summed E-state index contributed by atoms with van der Waals surface area (Å²) in [5.74, 6) is -0.557. The first-order valence-corrected chi connectivity index (χ1v) is 47.0. The van der Waals surface area contributed by atoms with Gasteiger partial charge in [0, 0.05) is 25.7 Å². The summed E-state index contributed by atoms with van der Waals surface area (Å²) >= 11 is 0. The van der Waals surface area contributed by atoms with E-state index >= 15 is 0 Å². The highest BCUT2D eigenvalue weighted by Crippen LogP contribution is 2.45. The van der Waals surface area contributed by atoms with Crippen molar-refractivity contribution >= 4 is 39.5 Å². The Morgan fingerprint density at radius 1 is 0.279 bits per heavy atom. The van der Waals surface area contributed by atoms with Crippen molar-refractivity contribution in [3.63, 3.8) is 0 Å². The zero-order chi connectivity index (χ0) is 76.4. The molecule has 0 aliphatic heterocycles. The minimum absolute atomic E-state index is 0.106. The van der Waals surface area contributed by atoms with Crippen molar-refractivity contribution in [3.05, 3.63) is 0 Å². The van der Waals surface area contributed by atoms with Gasteiger partial charge < -0.3 is 33.8 Å². The number of aliphatic hydroxyl groups is 1. The molecular weight excluding hydrogens is 1350 g/mol. The zero-order valence-corrected chi connectivity index (χ0v) is 70.1. The third-order valence-electron chi connectivity index (χ3n) is 20.3. The maximum atomic E-state index is 13.1. The number of unbranched alkanes of at least 4 members (excludes halogenated alkanes) is 53. The second kappa shape index (κ2) is 76.4. The largest absolute Gasteiger partial charge is 0.472 e. The van der Waals surface area contributed by atoms with Gasteiger partial charge in [0.15, 0.2) is 12.2 Å². The topological polar surface area (TPSA) is 237 Å². The molecule has 0 aromatic rings. The summed E-state index contributed by atoms with van der Waals surface area (Å²) in [5.41, 5.74) is 0. The van der Waals surface area contributed by atoms with Gasteiger partial charge in [0.25, 0.3) is 0 Å². The van der Waals surface area contributed by atoms with Crippen LogP contribution in [0.3, 0.4) is 0 Å². The lowest BCUT2D eigenvalue weighted by Gasteiger charge is -2.21. The third-order valence-corrected chi connectivity index (χ3v) is 22.2. The van der Waals surface area contributed by atoms with Crippen LogP contribution >= 0.6 is 15.6 Å². The predicted octanol–water partition coefficient (Wildman–Crippen LogP) is 25.8. The van der Waals surface area contributed by atoms with E-state index in [9.17, 15) is 43.2 Å². The highest BCUT2D eigenvalue weighted by atomic mass is 31.2. The van der Waals surface area contributed by atoms with Crippen LogP contribution in [-0.4, -0.2) is 96.7 Å². The first kappa shape index (κ1) is 102. The molecule has 0 aromatic heterocycles. The van der Waals surface area contributed by atoms with E-state index in [0.717, 1.165) is 102 Å². The number of aliphatic hydroxyl groups excluding tert-OH is 1. The fourth-order valence-corrected chi connectivity index (χ4v) is 14.8. The van der Waals surface area contributed by atoms with Gasteiger partial charge in [-0.2, -0.15) is 0 Å². The van der Waals surface area contributed by atoms with E-state index in [1.807, 2.05) is 0 Å². The fraction of sp³-hybridized carbons (Fsp3) is 0.953. The lowest BCUT2D eigenvalue weighted by Crippen LogP contribution is -2.30. The van der Waals surface area contributed by atoms with Crippen LogP contribution in [0.25, 0.3) is 0 Å². The molecule has 618 valence electrons. The molecule has 0 bridgehead atoms. The van der Waals surface area contributed by atoms with Gasteiger partial charge in [0.05, 0.1) is 26.4 Å². The fourth-order valence-electron chi connectivity index (χ4n) is 13.2. The van der Waals surface area contributed by atoms with Gasteiger partial charge in [-0.1, -0.05) is 401 Å². The molecule has 0 aliphatic rings. The van der Waals surface area contributed by atoms with Crippen molar-refractivity contribution in [3.8, 4) is 0 Å². The van der Waals surface area contributed by atoms with Crippen LogP contribution in [0.5, 0.6) is 0 Å². The van der Waals surface area contributed by atoms with Crippen LogP contribution in [0, 0.1) is 11.8 Å². The molecule has 17 nitrogen and oxygen atoms in total. The number of phosphoric ester groups is 2. The molecule has 0 spiro atoms. The first-order valence-electron chi connectivity index (χ1n) is 44.0. The van der Waals surface area contributed by atoms with E-state index in [0.29, 0.717) is 25.7 Å². The summed E-state index contributed by atoms with van der Waals surface area (Å²) in [5, 5.41) is 10.7. The normalized spacial score (nSPS) is 14.1. The van der Waals surface area contributed by atoms with Crippen LogP contribution in [0.2, 0.25) is 0 Å². The number of hydrogen-bond donors (Lipinski definition) is 3. The summed E-state index contributed by atoms with van der Waals surface area (Å²) in [7, 11) is -9.93. The van der Waals surface area contributed by atoms with Gasteiger partial charge >= 0.3 is 39.5 Å². The molecule has 0 heterocycles. The summed E-state index contributed by atoms with van der Waals surface area (Å²) in [6.07, 6.45) is 68.0. The minimum atomic E-state index is -4.97. The predicted molar refractivity (Wildman–Crippen MR) is 428 cm³/mol. The summed E-state index contributed by atoms with van der Waals surface area (Å²) in [6.45, 7) is 9.67. The highest BCUT2D eigenvalue weighted by Gasteiger charge is 2.30. The molecule has 104 heavy (non-hydrogen) atoms. The van der Waals surface area contributed by atoms with Gasteiger partial charge in [0.1, 0.15) is 19.3 Å². The lowest BCUT2D eigenvalue weighted by atomic mass is 9.99. The van der Waals surface area contributed by atoms with Crippen LogP contribution in [0.1, 0.15) is 452 Å². The monoisotopic (exact) mass is 1520 g/mol. The zero-order valence-electron chi connectivity index (χ0n) is 68.3. The average molecular weight is 1520 g/mol. The molecule has 0 rings (SSSR count). The molecule has 0 aliphatic carbocycles. The number of ether oxygens (including phenoxy) is 4. The Hall–Kier alpha value is -1.94. The molecule has 0 fully saturated rings. The Kier molecular flexibility index (Phi) is 75.0. The van der Waals surface area contributed by atoms with E-state index in [2.05, 4.69) is 41.5 Å². The molecule has 0 saturated heterocycles. The number of esters is 4. The van der Waals surface area contributed by atoms with Crippen LogP contribution in [0.15, 0.2) is 0 Å². The Balaban J connectivity index is 5.25. The Bertz CT molecular complexity index is 2000.